The Hall–Kier alpha value is -0.450. The van der Waals surface area contributed by atoms with Crippen LogP contribution in [-0.2, 0) is 0 Å². The van der Waals surface area contributed by atoms with Crippen LogP contribution in [0.2, 0.25) is 0 Å². The molecule has 2 heterocycles. The molecule has 1 aliphatic heterocycles. The van der Waals surface area contributed by atoms with Gasteiger partial charge in [0.05, 0.1) is 0 Å². The molecule has 0 aromatic carbocycles. The van der Waals surface area contributed by atoms with Crippen LogP contribution in [0.25, 0.3) is 0 Å². The molecule has 3 nitrogen and oxygen atoms in total. The second kappa shape index (κ2) is 6.64. The van der Waals surface area contributed by atoms with Crippen molar-refractivity contribution in [2.24, 2.45) is 5.92 Å². The third-order valence-corrected chi connectivity index (χ3v) is 4.25. The summed E-state index contributed by atoms with van der Waals surface area (Å²) in [5.41, 5.74) is 1.38. The van der Waals surface area contributed by atoms with E-state index in [1.165, 1.54) is 12.0 Å². The van der Waals surface area contributed by atoms with Crippen molar-refractivity contribution < 1.29 is 0 Å². The topological polar surface area (TPSA) is 28.2 Å². The van der Waals surface area contributed by atoms with E-state index in [2.05, 4.69) is 57.1 Å². The van der Waals surface area contributed by atoms with Crippen LogP contribution in [-0.4, -0.2) is 36.1 Å². The minimum absolute atomic E-state index is 0.511. The smallest absolute Gasteiger partial charge is 0.106 e. The molecular weight excluding hydrogens is 290 g/mol. The van der Waals surface area contributed by atoms with Gasteiger partial charge in [0, 0.05) is 38.4 Å². The molecule has 1 saturated heterocycles. The molecule has 1 aliphatic rings. The van der Waals surface area contributed by atoms with Gasteiger partial charge < -0.3 is 5.32 Å². The average molecular weight is 312 g/mol. The number of rotatable bonds is 4. The molecule has 1 N–H and O–H groups in total. The van der Waals surface area contributed by atoms with Crippen LogP contribution in [0.1, 0.15) is 31.9 Å². The van der Waals surface area contributed by atoms with Crippen LogP contribution in [0.3, 0.4) is 0 Å². The Morgan fingerprint density at radius 1 is 1.44 bits per heavy atom. The van der Waals surface area contributed by atoms with Gasteiger partial charge in [-0.3, -0.25) is 4.90 Å². The van der Waals surface area contributed by atoms with E-state index in [4.69, 9.17) is 0 Å². The van der Waals surface area contributed by atoms with Crippen molar-refractivity contribution >= 4 is 15.9 Å². The Labute approximate surface area is 118 Å². The van der Waals surface area contributed by atoms with E-state index in [1.807, 2.05) is 6.20 Å². The molecule has 0 spiro atoms. The molecule has 18 heavy (non-hydrogen) atoms. The third-order valence-electron chi connectivity index (χ3n) is 3.82. The molecule has 0 amide bonds. The Kier molecular flexibility index (Phi) is 5.15. The van der Waals surface area contributed by atoms with E-state index < -0.39 is 0 Å². The largest absolute Gasteiger partial charge is 0.314 e. The Bertz CT molecular complexity index is 377. The Morgan fingerprint density at radius 2 is 2.17 bits per heavy atom. The van der Waals surface area contributed by atoms with Crippen LogP contribution in [0, 0.1) is 5.92 Å². The highest BCUT2D eigenvalue weighted by molar-refractivity contribution is 9.10. The summed E-state index contributed by atoms with van der Waals surface area (Å²) in [5.74, 6) is 0.664. The van der Waals surface area contributed by atoms with Crippen molar-refractivity contribution in [3.63, 3.8) is 0 Å². The fourth-order valence-electron chi connectivity index (χ4n) is 2.68. The number of hydrogen-bond donors (Lipinski definition) is 1. The standard InChI is InChI=1S/C14H22BrN3/c1-3-11(2)14(18-8-6-16-7-9-18)12-4-5-17-13(15)10-12/h4-5,10-11,14,16H,3,6-9H2,1-2H3/t11?,14-/m0/s1. The molecule has 100 valence electrons. The predicted octanol–water partition coefficient (Wildman–Crippen LogP) is 2.84. The highest BCUT2D eigenvalue weighted by atomic mass is 79.9. The minimum atomic E-state index is 0.511. The fraction of sp³-hybridized carbons (Fsp3) is 0.643. The zero-order valence-corrected chi connectivity index (χ0v) is 12.8. The summed E-state index contributed by atoms with van der Waals surface area (Å²) in [4.78, 5) is 6.84. The van der Waals surface area contributed by atoms with Gasteiger partial charge in [-0.05, 0) is 39.5 Å². The van der Waals surface area contributed by atoms with Crippen LogP contribution in [0.15, 0.2) is 22.9 Å². The third kappa shape index (κ3) is 3.31. The van der Waals surface area contributed by atoms with E-state index in [1.54, 1.807) is 0 Å². The fourth-order valence-corrected chi connectivity index (χ4v) is 3.07. The lowest BCUT2D eigenvalue weighted by Crippen LogP contribution is -2.46. The van der Waals surface area contributed by atoms with Gasteiger partial charge in [0.2, 0.25) is 0 Å². The summed E-state index contributed by atoms with van der Waals surface area (Å²) < 4.78 is 0.934. The van der Waals surface area contributed by atoms with Gasteiger partial charge in [-0.25, -0.2) is 4.98 Å². The van der Waals surface area contributed by atoms with Crippen molar-refractivity contribution in [3.05, 3.63) is 28.5 Å². The normalized spacial score (nSPS) is 20.6. The zero-order valence-electron chi connectivity index (χ0n) is 11.2. The molecule has 1 aromatic rings. The number of hydrogen-bond acceptors (Lipinski definition) is 3. The van der Waals surface area contributed by atoms with Gasteiger partial charge in [0.1, 0.15) is 4.60 Å². The number of nitrogens with zero attached hydrogens (tertiary/aromatic N) is 2. The van der Waals surface area contributed by atoms with Crippen LogP contribution >= 0.6 is 15.9 Å². The van der Waals surface area contributed by atoms with Gasteiger partial charge in [-0.15, -0.1) is 0 Å². The van der Waals surface area contributed by atoms with Gasteiger partial charge in [-0.2, -0.15) is 0 Å². The van der Waals surface area contributed by atoms with Crippen molar-refractivity contribution in [2.45, 2.75) is 26.3 Å². The molecule has 2 atom stereocenters. The van der Waals surface area contributed by atoms with Crippen molar-refractivity contribution in [1.82, 2.24) is 15.2 Å². The second-order valence-corrected chi connectivity index (χ2v) is 5.84. The number of piperazine rings is 1. The molecule has 0 radical (unpaired) electrons. The summed E-state index contributed by atoms with van der Waals surface area (Å²) in [6.45, 7) is 9.08. The predicted molar refractivity (Wildman–Crippen MR) is 78.6 cm³/mol. The summed E-state index contributed by atoms with van der Waals surface area (Å²) in [6.07, 6.45) is 3.10. The molecule has 2 rings (SSSR count). The van der Waals surface area contributed by atoms with E-state index in [-0.39, 0.29) is 0 Å². The van der Waals surface area contributed by atoms with Crippen LogP contribution in [0.4, 0.5) is 0 Å². The van der Waals surface area contributed by atoms with Crippen molar-refractivity contribution in [1.29, 1.82) is 0 Å². The summed E-state index contributed by atoms with van der Waals surface area (Å²) in [5, 5.41) is 3.43. The summed E-state index contributed by atoms with van der Waals surface area (Å²) >= 11 is 3.48. The maximum absolute atomic E-state index is 4.24. The Balaban J connectivity index is 2.23. The highest BCUT2D eigenvalue weighted by Gasteiger charge is 2.26. The van der Waals surface area contributed by atoms with Gasteiger partial charge in [-0.1, -0.05) is 20.3 Å². The van der Waals surface area contributed by atoms with Gasteiger partial charge in [0.25, 0.3) is 0 Å². The first-order valence-electron chi connectivity index (χ1n) is 6.78. The lowest BCUT2D eigenvalue weighted by atomic mass is 9.91. The lowest BCUT2D eigenvalue weighted by molar-refractivity contribution is 0.128. The number of pyridine rings is 1. The molecule has 1 aromatic heterocycles. The second-order valence-electron chi connectivity index (χ2n) is 5.03. The van der Waals surface area contributed by atoms with E-state index >= 15 is 0 Å². The first-order chi connectivity index (χ1) is 8.72. The SMILES string of the molecule is CCC(C)[C@@H](c1ccnc(Br)c1)N1CCNCC1. The molecule has 0 bridgehead atoms. The number of nitrogens with one attached hydrogen (secondary N) is 1. The van der Waals surface area contributed by atoms with Gasteiger partial charge >= 0.3 is 0 Å². The van der Waals surface area contributed by atoms with E-state index in [0.29, 0.717) is 12.0 Å². The minimum Gasteiger partial charge on any atom is -0.314 e. The molecular formula is C14H22BrN3. The quantitative estimate of drug-likeness (QED) is 0.867. The maximum Gasteiger partial charge on any atom is 0.106 e. The van der Waals surface area contributed by atoms with E-state index in [9.17, 15) is 0 Å². The number of halogens is 1. The average Bonchev–Trinajstić information content (AvgIpc) is 2.40. The monoisotopic (exact) mass is 311 g/mol. The molecule has 0 saturated carbocycles. The summed E-state index contributed by atoms with van der Waals surface area (Å²) in [7, 11) is 0. The lowest BCUT2D eigenvalue weighted by Gasteiger charge is -2.38. The molecule has 0 aliphatic carbocycles. The van der Waals surface area contributed by atoms with E-state index in [0.717, 1.165) is 30.8 Å². The molecule has 4 heteroatoms. The molecule has 1 unspecified atom stereocenters. The Morgan fingerprint density at radius 3 is 2.78 bits per heavy atom. The van der Waals surface area contributed by atoms with Gasteiger partial charge in [0.15, 0.2) is 0 Å². The molecule has 1 fully saturated rings. The maximum atomic E-state index is 4.24. The summed E-state index contributed by atoms with van der Waals surface area (Å²) in [6, 6.07) is 4.83. The first-order valence-corrected chi connectivity index (χ1v) is 7.58. The number of aromatic nitrogens is 1. The van der Waals surface area contributed by atoms with Crippen LogP contribution < -0.4 is 5.32 Å². The van der Waals surface area contributed by atoms with Crippen molar-refractivity contribution in [2.75, 3.05) is 26.2 Å². The highest BCUT2D eigenvalue weighted by Crippen LogP contribution is 2.31. The first kappa shape index (κ1) is 14.0. The van der Waals surface area contributed by atoms with Crippen LogP contribution in [0.5, 0.6) is 0 Å². The van der Waals surface area contributed by atoms with Crippen molar-refractivity contribution in [3.8, 4) is 0 Å². The zero-order chi connectivity index (χ0) is 13.0.